The van der Waals surface area contributed by atoms with E-state index in [0.717, 1.165) is 50.9 Å². The van der Waals surface area contributed by atoms with Crippen molar-refractivity contribution in [2.45, 2.75) is 43.9 Å². The molecular weight excluding hydrogens is 360 g/mol. The zero-order chi connectivity index (χ0) is 19.4. The number of carbonyl (C=O) groups excluding carboxylic acids is 1. The Hall–Kier alpha value is -2.45. The summed E-state index contributed by atoms with van der Waals surface area (Å²) >= 11 is 0. The van der Waals surface area contributed by atoms with Gasteiger partial charge in [-0.15, -0.1) is 0 Å². The van der Waals surface area contributed by atoms with Crippen LogP contribution in [0.4, 0.5) is 0 Å². The summed E-state index contributed by atoms with van der Waals surface area (Å²) < 4.78 is 16.5. The number of methoxy groups -OCH3 is 1. The minimum Gasteiger partial charge on any atom is -0.467 e. The fourth-order valence-electron chi connectivity index (χ4n) is 4.02. The van der Waals surface area contributed by atoms with E-state index in [0.29, 0.717) is 18.3 Å². The number of ether oxygens (including phenoxy) is 2. The molecule has 4 rings (SSSR count). The van der Waals surface area contributed by atoms with Gasteiger partial charge in [-0.05, 0) is 37.8 Å². The zero-order valence-corrected chi connectivity index (χ0v) is 16.1. The van der Waals surface area contributed by atoms with Crippen LogP contribution in [0.5, 0.6) is 6.01 Å². The summed E-state index contributed by atoms with van der Waals surface area (Å²) in [5.74, 6) is 0.148. The molecule has 1 unspecified atom stereocenters. The Morgan fingerprint density at radius 2 is 2.11 bits per heavy atom. The lowest BCUT2D eigenvalue weighted by Gasteiger charge is -2.39. The maximum Gasteiger partial charge on any atom is 0.316 e. The van der Waals surface area contributed by atoms with Gasteiger partial charge in [-0.3, -0.25) is 9.69 Å². The van der Waals surface area contributed by atoms with Gasteiger partial charge < -0.3 is 19.2 Å². The Bertz CT molecular complexity index is 770. The third kappa shape index (κ3) is 4.34. The highest BCUT2D eigenvalue weighted by atomic mass is 16.5. The molecule has 2 aliphatic rings. The van der Waals surface area contributed by atoms with Crippen molar-refractivity contribution in [1.82, 2.24) is 20.2 Å². The first-order valence-electron chi connectivity index (χ1n) is 9.73. The van der Waals surface area contributed by atoms with Crippen LogP contribution in [0.2, 0.25) is 0 Å². The number of nitrogens with one attached hydrogen (secondary N) is 1. The molecule has 0 saturated carbocycles. The van der Waals surface area contributed by atoms with Crippen LogP contribution in [0.1, 0.15) is 41.8 Å². The Labute approximate surface area is 164 Å². The molecular formula is C20H26N4O4. The number of rotatable bonds is 6. The molecule has 2 aromatic rings. The topological polar surface area (TPSA) is 89.7 Å². The number of aromatic nitrogens is 2. The molecule has 2 aromatic heterocycles. The van der Waals surface area contributed by atoms with Crippen molar-refractivity contribution in [2.75, 3.05) is 26.7 Å². The molecule has 150 valence electrons. The van der Waals surface area contributed by atoms with Crippen LogP contribution in [0, 0.1) is 0 Å². The normalized spacial score (nSPS) is 21.7. The van der Waals surface area contributed by atoms with Gasteiger partial charge in [0.25, 0.3) is 5.91 Å². The molecule has 1 atom stereocenters. The van der Waals surface area contributed by atoms with Gasteiger partial charge in [-0.1, -0.05) is 0 Å². The van der Waals surface area contributed by atoms with Gasteiger partial charge in [0.15, 0.2) is 5.76 Å². The van der Waals surface area contributed by atoms with Gasteiger partial charge in [-0.25, -0.2) is 9.97 Å². The monoisotopic (exact) mass is 386 g/mol. The van der Waals surface area contributed by atoms with E-state index >= 15 is 0 Å². The second-order valence-electron chi connectivity index (χ2n) is 7.50. The highest BCUT2D eigenvalue weighted by Crippen LogP contribution is 2.39. The first-order chi connectivity index (χ1) is 13.7. The molecule has 8 heteroatoms. The molecule has 8 nitrogen and oxygen atoms in total. The summed E-state index contributed by atoms with van der Waals surface area (Å²) in [4.78, 5) is 22.8. The van der Waals surface area contributed by atoms with Gasteiger partial charge in [-0.2, -0.15) is 0 Å². The van der Waals surface area contributed by atoms with Gasteiger partial charge in [0.1, 0.15) is 0 Å². The molecule has 0 radical (unpaired) electrons. The average molecular weight is 386 g/mol. The first-order valence-corrected chi connectivity index (χ1v) is 9.73. The molecule has 0 aliphatic carbocycles. The number of piperidine rings is 1. The smallest absolute Gasteiger partial charge is 0.316 e. The Morgan fingerprint density at radius 1 is 1.32 bits per heavy atom. The van der Waals surface area contributed by atoms with Gasteiger partial charge in [0.2, 0.25) is 0 Å². The van der Waals surface area contributed by atoms with Crippen molar-refractivity contribution < 1.29 is 18.7 Å². The second-order valence-corrected chi connectivity index (χ2v) is 7.50. The van der Waals surface area contributed by atoms with Crippen LogP contribution in [-0.2, 0) is 11.3 Å². The van der Waals surface area contributed by atoms with E-state index in [9.17, 15) is 4.79 Å². The number of nitrogens with zero attached hydrogens (tertiary/aromatic N) is 3. The summed E-state index contributed by atoms with van der Waals surface area (Å²) in [6.07, 6.45) is 9.25. The van der Waals surface area contributed by atoms with Crippen LogP contribution in [0.3, 0.4) is 0 Å². The van der Waals surface area contributed by atoms with Crippen molar-refractivity contribution in [2.24, 2.45) is 0 Å². The lowest BCUT2D eigenvalue weighted by molar-refractivity contribution is -0.0765. The highest BCUT2D eigenvalue weighted by Gasteiger charge is 2.42. The van der Waals surface area contributed by atoms with Crippen LogP contribution in [0.15, 0.2) is 35.2 Å². The standard InChI is InChI=1S/C20H26N4O4/c1-26-19-22-11-15(12-23-19)14-24-8-6-20(7-9-24)5-4-16(28-20)13-21-18(25)17-3-2-10-27-17/h2-3,10-12,16H,4-9,13-14H2,1H3,(H,21,25). The predicted molar refractivity (Wildman–Crippen MR) is 101 cm³/mol. The Morgan fingerprint density at radius 3 is 2.79 bits per heavy atom. The van der Waals surface area contributed by atoms with Crippen LogP contribution < -0.4 is 10.1 Å². The summed E-state index contributed by atoms with van der Waals surface area (Å²) in [5, 5.41) is 2.91. The largest absolute Gasteiger partial charge is 0.467 e. The van der Waals surface area contributed by atoms with Gasteiger partial charge >= 0.3 is 6.01 Å². The maximum atomic E-state index is 12.0. The molecule has 4 heterocycles. The van der Waals surface area contributed by atoms with E-state index in [1.807, 2.05) is 12.4 Å². The van der Waals surface area contributed by atoms with Crippen molar-refractivity contribution in [3.05, 3.63) is 42.1 Å². The minimum atomic E-state index is -0.189. The van der Waals surface area contributed by atoms with Crippen LogP contribution in [-0.4, -0.2) is 59.2 Å². The molecule has 1 amide bonds. The number of likely N-dealkylation sites (tertiary alicyclic amines) is 1. The second kappa shape index (κ2) is 8.28. The lowest BCUT2D eigenvalue weighted by atomic mass is 9.88. The molecule has 0 aromatic carbocycles. The number of furan rings is 1. The van der Waals surface area contributed by atoms with Crippen molar-refractivity contribution in [3.63, 3.8) is 0 Å². The fraction of sp³-hybridized carbons (Fsp3) is 0.550. The summed E-state index contributed by atoms with van der Waals surface area (Å²) in [7, 11) is 1.57. The number of carbonyl (C=O) groups is 1. The SMILES string of the molecule is COc1ncc(CN2CCC3(CCC(CNC(=O)c4ccco4)O3)CC2)cn1. The predicted octanol–water partition coefficient (Wildman–Crippen LogP) is 2.02. The van der Waals surface area contributed by atoms with Crippen molar-refractivity contribution in [3.8, 4) is 6.01 Å². The van der Waals surface area contributed by atoms with Crippen LogP contribution >= 0.6 is 0 Å². The van der Waals surface area contributed by atoms with Crippen molar-refractivity contribution >= 4 is 5.91 Å². The minimum absolute atomic E-state index is 0.0486. The summed E-state index contributed by atoms with van der Waals surface area (Å²) in [6.45, 7) is 3.33. The molecule has 2 aliphatic heterocycles. The maximum absolute atomic E-state index is 12.0. The Balaban J connectivity index is 1.22. The molecule has 1 N–H and O–H groups in total. The molecule has 0 bridgehead atoms. The summed E-state index contributed by atoms with van der Waals surface area (Å²) in [5.41, 5.74) is 1.04. The number of hydrogen-bond donors (Lipinski definition) is 1. The van der Waals surface area contributed by atoms with E-state index in [1.165, 1.54) is 6.26 Å². The van der Waals surface area contributed by atoms with E-state index in [-0.39, 0.29) is 17.6 Å². The fourth-order valence-corrected chi connectivity index (χ4v) is 4.02. The van der Waals surface area contributed by atoms with E-state index in [1.54, 1.807) is 19.2 Å². The van der Waals surface area contributed by atoms with E-state index < -0.39 is 0 Å². The third-order valence-corrected chi connectivity index (χ3v) is 5.61. The van der Waals surface area contributed by atoms with Gasteiger partial charge in [0, 0.05) is 44.1 Å². The number of amides is 1. The molecule has 2 saturated heterocycles. The first kappa shape index (κ1) is 18.9. The molecule has 1 spiro atoms. The number of hydrogen-bond acceptors (Lipinski definition) is 7. The quantitative estimate of drug-likeness (QED) is 0.812. The average Bonchev–Trinajstić information content (AvgIpc) is 3.40. The zero-order valence-electron chi connectivity index (χ0n) is 16.1. The third-order valence-electron chi connectivity index (χ3n) is 5.61. The van der Waals surface area contributed by atoms with Crippen LogP contribution in [0.25, 0.3) is 0 Å². The lowest BCUT2D eigenvalue weighted by Crippen LogP contribution is -2.44. The van der Waals surface area contributed by atoms with E-state index in [2.05, 4.69) is 20.2 Å². The van der Waals surface area contributed by atoms with Gasteiger partial charge in [0.05, 0.1) is 25.1 Å². The molecule has 28 heavy (non-hydrogen) atoms. The Kier molecular flexibility index (Phi) is 5.59. The molecule has 2 fully saturated rings. The van der Waals surface area contributed by atoms with E-state index in [4.69, 9.17) is 13.9 Å². The summed E-state index contributed by atoms with van der Waals surface area (Å²) in [6, 6.07) is 3.77. The van der Waals surface area contributed by atoms with Crippen molar-refractivity contribution in [1.29, 1.82) is 0 Å². The highest BCUT2D eigenvalue weighted by molar-refractivity contribution is 5.91.